The number of nitrogens with one attached hydrogen (secondary N) is 1. The lowest BCUT2D eigenvalue weighted by molar-refractivity contribution is 0.103. The number of carbonyl (C=O) groups excluding carboxylic acids is 1. The van der Waals surface area contributed by atoms with Crippen molar-refractivity contribution in [2.45, 2.75) is 6.92 Å². The highest BCUT2D eigenvalue weighted by Crippen LogP contribution is 2.31. The van der Waals surface area contributed by atoms with Gasteiger partial charge in [-0.1, -0.05) is 29.8 Å². The molecule has 0 bridgehead atoms. The van der Waals surface area contributed by atoms with Gasteiger partial charge in [0.15, 0.2) is 0 Å². The second kappa shape index (κ2) is 5.97. The Morgan fingerprint density at radius 1 is 1.24 bits per heavy atom. The first-order valence-electron chi connectivity index (χ1n) is 6.22. The van der Waals surface area contributed by atoms with E-state index in [4.69, 9.17) is 11.6 Å². The zero-order chi connectivity index (χ0) is 14.8. The number of anilines is 1. The van der Waals surface area contributed by atoms with Gasteiger partial charge in [-0.05, 0) is 30.5 Å². The lowest BCUT2D eigenvalue weighted by Gasteiger charge is -2.05. The van der Waals surface area contributed by atoms with Crippen LogP contribution in [0.1, 0.15) is 15.4 Å². The molecule has 0 spiro atoms. The molecule has 2 aromatic heterocycles. The molecular formula is C15H11ClN2OS2. The van der Waals surface area contributed by atoms with E-state index in [0.29, 0.717) is 15.6 Å². The SMILES string of the molecule is Cc1nc(-c2cccs2)sc1C(=O)Nc1ccccc1Cl. The normalized spacial score (nSPS) is 10.6. The lowest BCUT2D eigenvalue weighted by Crippen LogP contribution is -2.11. The summed E-state index contributed by atoms with van der Waals surface area (Å²) in [6.45, 7) is 1.84. The van der Waals surface area contributed by atoms with Gasteiger partial charge in [-0.25, -0.2) is 4.98 Å². The first kappa shape index (κ1) is 14.3. The van der Waals surface area contributed by atoms with Gasteiger partial charge in [0.25, 0.3) is 5.91 Å². The predicted octanol–water partition coefficient (Wildman–Crippen LogP) is 5.09. The highest BCUT2D eigenvalue weighted by molar-refractivity contribution is 7.22. The van der Waals surface area contributed by atoms with Gasteiger partial charge in [0.1, 0.15) is 9.88 Å². The van der Waals surface area contributed by atoms with Crippen LogP contribution >= 0.6 is 34.3 Å². The molecule has 3 nitrogen and oxygen atoms in total. The number of aryl methyl sites for hydroxylation is 1. The standard InChI is InChI=1S/C15H11ClN2OS2/c1-9-13(21-15(17-9)12-7-4-8-20-12)14(19)18-11-6-3-2-5-10(11)16/h2-8H,1H3,(H,18,19). The Morgan fingerprint density at radius 2 is 2.05 bits per heavy atom. The molecule has 0 atom stereocenters. The molecule has 2 heterocycles. The van der Waals surface area contributed by atoms with Gasteiger partial charge in [0.05, 0.1) is 21.3 Å². The van der Waals surface area contributed by atoms with Crippen molar-refractivity contribution in [1.82, 2.24) is 4.98 Å². The number of nitrogens with zero attached hydrogens (tertiary/aromatic N) is 1. The number of rotatable bonds is 3. The topological polar surface area (TPSA) is 42.0 Å². The molecule has 0 fully saturated rings. The number of thiophene rings is 1. The third kappa shape index (κ3) is 3.00. The number of para-hydroxylation sites is 1. The fraction of sp³-hybridized carbons (Fsp3) is 0.0667. The molecular weight excluding hydrogens is 324 g/mol. The fourth-order valence-corrected chi connectivity index (χ4v) is 3.80. The van der Waals surface area contributed by atoms with Crippen molar-refractivity contribution in [3.05, 3.63) is 57.4 Å². The first-order valence-corrected chi connectivity index (χ1v) is 8.30. The molecule has 0 aliphatic rings. The van der Waals surface area contributed by atoms with Crippen LogP contribution in [0.25, 0.3) is 9.88 Å². The summed E-state index contributed by atoms with van der Waals surface area (Å²) in [6.07, 6.45) is 0. The van der Waals surface area contributed by atoms with Crippen molar-refractivity contribution in [1.29, 1.82) is 0 Å². The minimum absolute atomic E-state index is 0.180. The Balaban J connectivity index is 1.87. The van der Waals surface area contributed by atoms with E-state index >= 15 is 0 Å². The molecule has 6 heteroatoms. The highest BCUT2D eigenvalue weighted by Gasteiger charge is 2.17. The molecule has 106 valence electrons. The summed E-state index contributed by atoms with van der Waals surface area (Å²) in [5, 5.41) is 6.21. The maximum absolute atomic E-state index is 12.4. The summed E-state index contributed by atoms with van der Waals surface area (Å²) in [5.74, 6) is -0.180. The zero-order valence-electron chi connectivity index (χ0n) is 11.1. The number of carbonyl (C=O) groups is 1. The van der Waals surface area contributed by atoms with Crippen LogP contribution in [0.2, 0.25) is 5.02 Å². The summed E-state index contributed by atoms with van der Waals surface area (Å²) >= 11 is 9.06. The van der Waals surface area contributed by atoms with Gasteiger partial charge in [0.2, 0.25) is 0 Å². The van der Waals surface area contributed by atoms with Gasteiger partial charge < -0.3 is 5.32 Å². The molecule has 0 aliphatic heterocycles. The smallest absolute Gasteiger partial charge is 0.267 e. The summed E-state index contributed by atoms with van der Waals surface area (Å²) in [7, 11) is 0. The van der Waals surface area contributed by atoms with Crippen molar-refractivity contribution in [2.24, 2.45) is 0 Å². The Labute approximate surface area is 135 Å². The quantitative estimate of drug-likeness (QED) is 0.725. The lowest BCUT2D eigenvalue weighted by atomic mass is 10.3. The summed E-state index contributed by atoms with van der Waals surface area (Å²) in [4.78, 5) is 18.5. The second-order valence-electron chi connectivity index (χ2n) is 4.34. The van der Waals surface area contributed by atoms with E-state index in [1.807, 2.05) is 36.6 Å². The minimum Gasteiger partial charge on any atom is -0.320 e. The average molecular weight is 335 g/mol. The molecule has 21 heavy (non-hydrogen) atoms. The van der Waals surface area contributed by atoms with Gasteiger partial charge in [-0.2, -0.15) is 0 Å². The van der Waals surface area contributed by atoms with E-state index < -0.39 is 0 Å². The second-order valence-corrected chi connectivity index (χ2v) is 6.70. The Hall–Kier alpha value is -1.69. The number of hydrogen-bond acceptors (Lipinski definition) is 4. The molecule has 0 saturated carbocycles. The van der Waals surface area contributed by atoms with Crippen LogP contribution in [0.5, 0.6) is 0 Å². The molecule has 1 aromatic carbocycles. The van der Waals surface area contributed by atoms with Gasteiger partial charge in [-0.15, -0.1) is 22.7 Å². The van der Waals surface area contributed by atoms with Gasteiger partial charge >= 0.3 is 0 Å². The predicted molar refractivity (Wildman–Crippen MR) is 89.6 cm³/mol. The molecule has 0 aliphatic carbocycles. The third-order valence-corrected chi connectivity index (χ3v) is 5.38. The van der Waals surface area contributed by atoms with E-state index in [0.717, 1.165) is 15.6 Å². The van der Waals surface area contributed by atoms with Crippen LogP contribution in [0, 0.1) is 6.92 Å². The molecule has 3 aromatic rings. The number of hydrogen-bond donors (Lipinski definition) is 1. The molecule has 0 unspecified atom stereocenters. The van der Waals surface area contributed by atoms with E-state index in [1.54, 1.807) is 23.5 Å². The van der Waals surface area contributed by atoms with Crippen molar-refractivity contribution >= 4 is 45.9 Å². The molecule has 1 amide bonds. The van der Waals surface area contributed by atoms with Crippen molar-refractivity contribution in [3.63, 3.8) is 0 Å². The van der Waals surface area contributed by atoms with Crippen LogP contribution in [0.3, 0.4) is 0 Å². The largest absolute Gasteiger partial charge is 0.320 e. The summed E-state index contributed by atoms with van der Waals surface area (Å²) in [6, 6.07) is 11.1. The van der Waals surface area contributed by atoms with Crippen molar-refractivity contribution in [3.8, 4) is 9.88 Å². The number of amides is 1. The van der Waals surface area contributed by atoms with Crippen LogP contribution in [-0.4, -0.2) is 10.9 Å². The monoisotopic (exact) mass is 334 g/mol. The first-order chi connectivity index (χ1) is 10.1. The van der Waals surface area contributed by atoms with Crippen LogP contribution in [0.15, 0.2) is 41.8 Å². The number of thiazole rings is 1. The van der Waals surface area contributed by atoms with Gasteiger partial charge in [0, 0.05) is 0 Å². The van der Waals surface area contributed by atoms with E-state index in [1.165, 1.54) is 11.3 Å². The molecule has 0 radical (unpaired) electrons. The average Bonchev–Trinajstić information content (AvgIpc) is 3.10. The highest BCUT2D eigenvalue weighted by atomic mass is 35.5. The molecule has 0 saturated heterocycles. The van der Waals surface area contributed by atoms with E-state index in [-0.39, 0.29) is 5.91 Å². The number of halogens is 1. The Kier molecular flexibility index (Phi) is 4.05. The maximum Gasteiger partial charge on any atom is 0.267 e. The molecule has 3 rings (SSSR count). The van der Waals surface area contributed by atoms with Crippen LogP contribution < -0.4 is 5.32 Å². The maximum atomic E-state index is 12.4. The Bertz CT molecular complexity index is 781. The zero-order valence-corrected chi connectivity index (χ0v) is 13.5. The van der Waals surface area contributed by atoms with E-state index in [2.05, 4.69) is 10.3 Å². The van der Waals surface area contributed by atoms with Crippen molar-refractivity contribution in [2.75, 3.05) is 5.32 Å². The van der Waals surface area contributed by atoms with Gasteiger partial charge in [-0.3, -0.25) is 4.79 Å². The van der Waals surface area contributed by atoms with Crippen molar-refractivity contribution < 1.29 is 4.79 Å². The molecule has 1 N–H and O–H groups in total. The fourth-order valence-electron chi connectivity index (χ4n) is 1.85. The third-order valence-electron chi connectivity index (χ3n) is 2.86. The van der Waals surface area contributed by atoms with E-state index in [9.17, 15) is 4.79 Å². The number of aromatic nitrogens is 1. The summed E-state index contributed by atoms with van der Waals surface area (Å²) in [5.41, 5.74) is 1.34. The minimum atomic E-state index is -0.180. The van der Waals surface area contributed by atoms with Crippen LogP contribution in [-0.2, 0) is 0 Å². The summed E-state index contributed by atoms with van der Waals surface area (Å²) < 4.78 is 0. The van der Waals surface area contributed by atoms with Crippen LogP contribution in [0.4, 0.5) is 5.69 Å². The Morgan fingerprint density at radius 3 is 2.76 bits per heavy atom. The number of benzene rings is 1.